The predicted molar refractivity (Wildman–Crippen MR) is 331 cm³/mol. The molecule has 0 radical (unpaired) electrons. The number of nitrogens with one attached hydrogen (secondary N) is 4. The van der Waals surface area contributed by atoms with Crippen LogP contribution in [0.25, 0.3) is 0 Å². The van der Waals surface area contributed by atoms with Gasteiger partial charge in [-0.3, -0.25) is 19.2 Å². The van der Waals surface area contributed by atoms with Crippen LogP contribution in [0.5, 0.6) is 0 Å². The lowest BCUT2D eigenvalue weighted by molar-refractivity contribution is -0.404. The summed E-state index contributed by atoms with van der Waals surface area (Å²) in [7, 11) is 0. The van der Waals surface area contributed by atoms with Crippen molar-refractivity contribution in [2.75, 3.05) is 52.9 Å². The van der Waals surface area contributed by atoms with Gasteiger partial charge in [-0.15, -0.1) is 0 Å². The van der Waals surface area contributed by atoms with E-state index in [4.69, 9.17) is 61.6 Å². The molecule has 30 N–H and O–H groups in total. The molecule has 109 heavy (non-hydrogen) atoms. The maximum absolute atomic E-state index is 13.8. The van der Waals surface area contributed by atoms with Gasteiger partial charge in [0, 0.05) is 40.0 Å². The molecule has 0 aromatic heterocycles. The Morgan fingerprint density at radius 2 is 0.761 bits per heavy atom. The number of hydrogen-bond donors (Lipinski definition) is 30. The summed E-state index contributed by atoms with van der Waals surface area (Å²) >= 11 is 0. The van der Waals surface area contributed by atoms with Crippen LogP contribution in [0.3, 0.4) is 0 Å². The molecule has 7 aliphatic heterocycles. The summed E-state index contributed by atoms with van der Waals surface area (Å²) in [5.74, 6) is -21.9. The van der Waals surface area contributed by atoms with E-state index >= 15 is 0 Å². The molecule has 0 unspecified atom stereocenters. The van der Waals surface area contributed by atoms with Crippen LogP contribution in [-0.4, -0.2) is 459 Å². The summed E-state index contributed by atoms with van der Waals surface area (Å²) in [5, 5.41) is 294. The van der Waals surface area contributed by atoms with Crippen molar-refractivity contribution in [3.63, 3.8) is 0 Å². The highest BCUT2D eigenvalue weighted by Gasteiger charge is 2.66. The first kappa shape index (κ1) is 91.0. The van der Waals surface area contributed by atoms with Gasteiger partial charge in [0.25, 0.3) is 17.4 Å². The zero-order valence-corrected chi connectivity index (χ0v) is 57.8. The second kappa shape index (κ2) is 38.3. The van der Waals surface area contributed by atoms with E-state index < -0.39 is 345 Å². The van der Waals surface area contributed by atoms with Crippen LogP contribution in [0.4, 0.5) is 0 Å². The van der Waals surface area contributed by atoms with Gasteiger partial charge in [-0.05, 0) is 0 Å². The molecule has 0 aromatic carbocycles. The van der Waals surface area contributed by atoms with Gasteiger partial charge in [0.2, 0.25) is 23.6 Å². The van der Waals surface area contributed by atoms with Crippen LogP contribution < -0.4 is 21.3 Å². The van der Waals surface area contributed by atoms with Gasteiger partial charge in [-0.2, -0.15) is 0 Å². The molecule has 7 rings (SSSR count). The van der Waals surface area contributed by atoms with E-state index in [9.17, 15) is 166 Å². The average molecular weight is 1600 g/mol. The number of aliphatic hydroxyl groups is 23. The fraction of sp³-hybridized carbons (Fsp3) is 0.881. The molecule has 4 amide bonds. The number of carboxylic acid groups (broad SMARTS) is 3. The minimum atomic E-state index is -3.62. The van der Waals surface area contributed by atoms with Crippen molar-refractivity contribution in [1.82, 2.24) is 21.3 Å². The molecule has 7 heterocycles. The lowest BCUT2D eigenvalue weighted by Crippen LogP contribution is -2.73. The van der Waals surface area contributed by atoms with Crippen molar-refractivity contribution in [2.24, 2.45) is 0 Å². The number of hydrogen-bond acceptors (Lipinski definition) is 43. The number of carbonyl (C=O) groups excluding carboxylic acids is 4. The van der Waals surface area contributed by atoms with Crippen LogP contribution in [-0.2, 0) is 95.1 Å². The molecule has 0 aliphatic carbocycles. The van der Waals surface area contributed by atoms with Crippen LogP contribution in [0.15, 0.2) is 0 Å². The number of rotatable bonds is 33. The molecule has 7 fully saturated rings. The number of aliphatic carboxylic acids is 3. The lowest BCUT2D eigenvalue weighted by Gasteiger charge is -2.53. The number of carbonyl (C=O) groups is 7. The monoisotopic (exact) mass is 1600 g/mol. The van der Waals surface area contributed by atoms with Gasteiger partial charge < -0.3 is 216 Å². The van der Waals surface area contributed by atoms with E-state index in [1.165, 1.54) is 0 Å². The normalized spacial score (nSPS) is 43.1. The molecule has 0 aromatic rings. The highest BCUT2D eigenvalue weighted by molar-refractivity contribution is 5.79. The quantitative estimate of drug-likeness (QED) is 0.0290. The Hall–Kier alpha value is -5.15. The van der Waals surface area contributed by atoms with Gasteiger partial charge in [-0.1, -0.05) is 0 Å². The maximum Gasteiger partial charge on any atom is 0.364 e. The third-order valence-electron chi connectivity index (χ3n) is 19.2. The zero-order chi connectivity index (χ0) is 81.5. The minimum Gasteiger partial charge on any atom is -0.477 e. The van der Waals surface area contributed by atoms with Crippen molar-refractivity contribution in [3.05, 3.63) is 0 Å². The van der Waals surface area contributed by atoms with Crippen molar-refractivity contribution >= 4 is 41.5 Å². The molecular weight excluding hydrogens is 1500 g/mol. The van der Waals surface area contributed by atoms with Crippen LogP contribution in [0, 0.1) is 0 Å². The summed E-state index contributed by atoms with van der Waals surface area (Å²) in [5.41, 5.74) is 0. The first-order valence-electron chi connectivity index (χ1n) is 33.7. The topological polar surface area (TPSA) is 814 Å². The van der Waals surface area contributed by atoms with Crippen molar-refractivity contribution in [1.29, 1.82) is 0 Å². The molecule has 7 saturated heterocycles. The third kappa shape index (κ3) is 19.8. The molecule has 0 spiro atoms. The Kier molecular flexibility index (Phi) is 32.0. The van der Waals surface area contributed by atoms with Gasteiger partial charge >= 0.3 is 17.9 Å². The second-order valence-electron chi connectivity index (χ2n) is 26.8. The second-order valence-corrected chi connectivity index (χ2v) is 26.8. The highest BCUT2D eigenvalue weighted by Crippen LogP contribution is 2.44. The van der Waals surface area contributed by atoms with Crippen LogP contribution in [0.1, 0.15) is 40.0 Å². The molecule has 50 nitrogen and oxygen atoms in total. The summed E-state index contributed by atoms with van der Waals surface area (Å²) in [6.07, 6.45) is -78.2. The van der Waals surface area contributed by atoms with Crippen molar-refractivity contribution < 1.29 is 228 Å². The van der Waals surface area contributed by atoms with Gasteiger partial charge in [0.1, 0.15) is 159 Å². The fourth-order valence-corrected chi connectivity index (χ4v) is 13.7. The van der Waals surface area contributed by atoms with Gasteiger partial charge in [-0.25, -0.2) is 14.4 Å². The lowest BCUT2D eigenvalue weighted by atomic mass is 9.87. The van der Waals surface area contributed by atoms with E-state index in [1.54, 1.807) is 0 Å². The van der Waals surface area contributed by atoms with E-state index in [1.807, 2.05) is 5.32 Å². The molecule has 0 saturated carbocycles. The number of carboxylic acids is 3. The molecule has 0 bridgehead atoms. The molecule has 50 heteroatoms. The summed E-state index contributed by atoms with van der Waals surface area (Å²) in [6, 6.07) is -8.15. The van der Waals surface area contributed by atoms with Crippen LogP contribution >= 0.6 is 0 Å². The smallest absolute Gasteiger partial charge is 0.364 e. The first-order chi connectivity index (χ1) is 51.1. The first-order valence-corrected chi connectivity index (χ1v) is 33.7. The largest absolute Gasteiger partial charge is 0.477 e. The van der Waals surface area contributed by atoms with E-state index in [0.717, 1.165) is 20.8 Å². The molecular formula is C59H96N4O46. The standard InChI is InChI=1S/C59H96N4O46/c1-15(72)60-29-18(75)4-57(54(91)92,105-45(29)33(81)21(78)7-64)104-25(11-68)37(85)47-30(61-16(2)73)19(76)5-58(107-47,55(93)94)108-48-36(84)24(10-67)99-52(40(48)88)103-44-32(62-17(3)74)51(98-23(9-66)35(44)83)102-43-27(13-70)100-53(101-42-26(12-69)97-50(90)39(87)38(42)86)41(89)49(43)109-59(56(95)96)6-20(77)31(63-28(80)14-71)46(106-59)34(82)22(79)8-65/h18-27,29-53,64-71,75-79,81-90H,4-14H2,1-3H3,(H,60,72)(H,61,73)(H,62,74)(H,63,80)(H,91,92)(H,93,94)(H,95,96)/t18-,19-,20-,21+,22+,23+,24+,25+,26+,27+,29+,30+,31+,32+,33+,34+,35-,36-,37+,38+,39+,40+,41+,42+,43-,44+,45+,46+,47+,48-,49+,50+,51-,52-,53-,57+,58-,59-/m0/s1. The fourth-order valence-electron chi connectivity index (χ4n) is 13.7. The number of ether oxygens (including phenoxy) is 13. The van der Waals surface area contributed by atoms with Crippen LogP contribution in [0.2, 0.25) is 0 Å². The zero-order valence-electron chi connectivity index (χ0n) is 57.8. The summed E-state index contributed by atoms with van der Waals surface area (Å²) in [6.45, 7) is -8.16. The molecule has 628 valence electrons. The van der Waals surface area contributed by atoms with E-state index in [-0.39, 0.29) is 0 Å². The summed E-state index contributed by atoms with van der Waals surface area (Å²) < 4.78 is 75.4. The Labute approximate surface area is 613 Å². The average Bonchev–Trinajstić information content (AvgIpc) is 0.751. The molecule has 7 aliphatic rings. The predicted octanol–water partition coefficient (Wildman–Crippen LogP) is -19.1. The maximum atomic E-state index is 13.8. The Morgan fingerprint density at radius 3 is 1.19 bits per heavy atom. The van der Waals surface area contributed by atoms with Crippen molar-refractivity contribution in [3.8, 4) is 0 Å². The Morgan fingerprint density at radius 1 is 0.394 bits per heavy atom. The Bertz CT molecular complexity index is 3030. The Balaban J connectivity index is 1.27. The summed E-state index contributed by atoms with van der Waals surface area (Å²) in [4.78, 5) is 91.6. The highest BCUT2D eigenvalue weighted by atomic mass is 16.8. The van der Waals surface area contributed by atoms with Gasteiger partial charge in [0.05, 0.1) is 82.7 Å². The third-order valence-corrected chi connectivity index (χ3v) is 19.2. The van der Waals surface area contributed by atoms with E-state index in [2.05, 4.69) is 16.0 Å². The number of aliphatic hydroxyl groups excluding tert-OH is 23. The van der Waals surface area contributed by atoms with Crippen molar-refractivity contribution in [2.45, 2.75) is 272 Å². The van der Waals surface area contributed by atoms with Gasteiger partial charge in [0.15, 0.2) is 25.2 Å². The molecule has 38 atom stereocenters. The number of amides is 4. The minimum absolute atomic E-state index is 0.802. The SMILES string of the molecule is CC(=O)N[C@H]1[C@H](O[C@@H]2[C@H](O[C@]3(C(=O)O)C[C@H](O)[C@@H](NC(=O)CO)[C@H]([C@H](O)[C@H](O)CO)O3)[C@@H](O)[C@H](O[C@H]3[C@H](O)[C@@H](O)[C@H](O)O[C@@H]3CO)O[C@@H]2CO)O[C@H](CO)[C@H](O)[C@@H]1O[C@@H]1O[C@H](CO)[C@H](O)[C@H](O[C@]2(C(=O)O)C[C@H](O)[C@@H](NC(C)=O)[C@H]([C@H](O)[C@@H](CO)O[C@]3(C(=O)O)C[C@H](O)[C@@H](NC(C)=O)[C@H]([C@H](O)[C@H](O)CO)O3)O2)[C@H]1O. The van der Waals surface area contributed by atoms with E-state index in [0.29, 0.717) is 0 Å².